The molecule has 13 nitrogen and oxygen atoms in total. The first-order valence-electron chi connectivity index (χ1n) is 17.3. The fraction of sp³-hybridized carbons (Fsp3) is 0.938. The molecule has 0 bridgehead atoms. The number of hydrogen-bond acceptors (Lipinski definition) is 12. The first-order valence-corrected chi connectivity index (χ1v) is 18.8. The molecule has 0 aliphatic heterocycles. The van der Waals surface area contributed by atoms with E-state index in [1.165, 1.54) is 70.6 Å². The van der Waals surface area contributed by atoms with Crippen molar-refractivity contribution in [1.82, 2.24) is 0 Å². The Morgan fingerprint density at radius 2 is 1.00 bits per heavy atom. The predicted octanol–water partition coefficient (Wildman–Crippen LogP) is 4.21. The van der Waals surface area contributed by atoms with Gasteiger partial charge in [-0.05, 0) is 12.8 Å². The topological polar surface area (TPSA) is 210 Å². The molecule has 0 amide bonds. The Labute approximate surface area is 274 Å². The van der Waals surface area contributed by atoms with E-state index in [-0.39, 0.29) is 12.8 Å². The quantitative estimate of drug-likeness (QED) is 0.0407. The smallest absolute Gasteiger partial charge is 0.462 e. The maximum Gasteiger partial charge on any atom is 0.472 e. The van der Waals surface area contributed by atoms with Crippen molar-refractivity contribution in [2.45, 2.75) is 179 Å². The second-order valence-electron chi connectivity index (χ2n) is 12.4. The SMILES string of the molecule is CCCCCCCCCCCCCCCCCC(=O)OC(COC(=O)CCCC)COP(=O)(O)OC1C(O)C(O)C(O)C(O)C1O. The van der Waals surface area contributed by atoms with Crippen LogP contribution in [-0.2, 0) is 32.7 Å². The second-order valence-corrected chi connectivity index (χ2v) is 13.8. The van der Waals surface area contributed by atoms with Crippen LogP contribution in [0.3, 0.4) is 0 Å². The molecule has 0 saturated heterocycles. The van der Waals surface area contributed by atoms with Gasteiger partial charge in [-0.2, -0.15) is 0 Å². The minimum absolute atomic E-state index is 0.102. The third kappa shape index (κ3) is 18.4. The van der Waals surface area contributed by atoms with Crippen LogP contribution in [0.4, 0.5) is 0 Å². The van der Waals surface area contributed by atoms with E-state index in [1.54, 1.807) is 0 Å². The van der Waals surface area contributed by atoms with Crippen LogP contribution in [0, 0.1) is 0 Å². The van der Waals surface area contributed by atoms with Crippen LogP contribution in [-0.4, -0.2) is 98.3 Å². The maximum absolute atomic E-state index is 12.6. The Bertz CT molecular complexity index is 844. The number of unbranched alkanes of at least 4 members (excludes halogenated alkanes) is 15. The molecule has 0 aromatic heterocycles. The van der Waals surface area contributed by atoms with Crippen molar-refractivity contribution in [3.8, 4) is 0 Å². The summed E-state index contributed by atoms with van der Waals surface area (Å²) in [5, 5.41) is 49.5. The summed E-state index contributed by atoms with van der Waals surface area (Å²) in [5.41, 5.74) is 0. The Hall–Kier alpha value is -1.15. The molecule has 6 N–H and O–H groups in total. The second kappa shape index (κ2) is 24.9. The van der Waals surface area contributed by atoms with Gasteiger partial charge >= 0.3 is 19.8 Å². The molecule has 6 unspecified atom stereocenters. The summed E-state index contributed by atoms with van der Waals surface area (Å²) in [5.74, 6) is -1.14. The zero-order valence-electron chi connectivity index (χ0n) is 27.9. The summed E-state index contributed by atoms with van der Waals surface area (Å²) in [7, 11) is -5.08. The number of phosphoric ester groups is 1. The number of ether oxygens (including phenoxy) is 2. The Balaban J connectivity index is 2.42. The van der Waals surface area contributed by atoms with Crippen molar-refractivity contribution in [1.29, 1.82) is 0 Å². The molecule has 46 heavy (non-hydrogen) atoms. The molecule has 1 fully saturated rings. The van der Waals surface area contributed by atoms with Gasteiger partial charge in [-0.15, -0.1) is 0 Å². The monoisotopic (exact) mass is 684 g/mol. The van der Waals surface area contributed by atoms with Crippen molar-refractivity contribution >= 4 is 19.8 Å². The van der Waals surface area contributed by atoms with Crippen molar-refractivity contribution in [2.75, 3.05) is 13.2 Å². The van der Waals surface area contributed by atoms with E-state index < -0.39 is 75.7 Å². The molecule has 0 heterocycles. The minimum atomic E-state index is -5.08. The molecule has 1 saturated carbocycles. The molecule has 0 aromatic rings. The van der Waals surface area contributed by atoms with Gasteiger partial charge in [0.15, 0.2) is 6.10 Å². The van der Waals surface area contributed by atoms with E-state index in [1.807, 2.05) is 6.92 Å². The molecule has 272 valence electrons. The van der Waals surface area contributed by atoms with Crippen LogP contribution in [0.25, 0.3) is 0 Å². The van der Waals surface area contributed by atoms with E-state index in [0.717, 1.165) is 25.7 Å². The largest absolute Gasteiger partial charge is 0.472 e. The van der Waals surface area contributed by atoms with E-state index >= 15 is 0 Å². The van der Waals surface area contributed by atoms with Crippen molar-refractivity contribution < 1.29 is 63.1 Å². The summed E-state index contributed by atoms with van der Waals surface area (Å²) in [6.07, 6.45) is 6.23. The fourth-order valence-corrected chi connectivity index (χ4v) is 6.24. The highest BCUT2D eigenvalue weighted by Crippen LogP contribution is 2.47. The zero-order valence-corrected chi connectivity index (χ0v) is 28.8. The third-order valence-electron chi connectivity index (χ3n) is 8.20. The lowest BCUT2D eigenvalue weighted by molar-refractivity contribution is -0.220. The van der Waals surface area contributed by atoms with Gasteiger partial charge in [0, 0.05) is 12.8 Å². The van der Waals surface area contributed by atoms with E-state index in [4.69, 9.17) is 18.5 Å². The van der Waals surface area contributed by atoms with E-state index in [9.17, 15) is 44.6 Å². The first kappa shape index (κ1) is 42.9. The molecule has 1 aliphatic carbocycles. The van der Waals surface area contributed by atoms with Crippen molar-refractivity contribution in [3.63, 3.8) is 0 Å². The molecule has 6 atom stereocenters. The first-order chi connectivity index (χ1) is 21.9. The molecule has 1 rings (SSSR count). The number of rotatable bonds is 27. The highest BCUT2D eigenvalue weighted by atomic mass is 31.2. The molecule has 1 aliphatic rings. The summed E-state index contributed by atoms with van der Waals surface area (Å²) in [6.45, 7) is 2.97. The summed E-state index contributed by atoms with van der Waals surface area (Å²) in [6, 6.07) is 0. The molecule has 14 heteroatoms. The third-order valence-corrected chi connectivity index (χ3v) is 9.18. The standard InChI is InChI=1S/C32H61O13P/c1-3-5-7-8-9-10-11-12-13-14-15-16-17-18-19-21-26(34)44-24(22-42-25(33)20-6-4-2)23-43-46(40,41)45-32-30(38)28(36)27(35)29(37)31(32)39/h24,27-32,35-39H,3-23H2,1-2H3,(H,40,41). The lowest BCUT2D eigenvalue weighted by atomic mass is 9.85. The van der Waals surface area contributed by atoms with Crippen molar-refractivity contribution in [2.24, 2.45) is 0 Å². The Kier molecular flexibility index (Phi) is 23.2. The van der Waals surface area contributed by atoms with Gasteiger partial charge in [-0.25, -0.2) is 4.57 Å². The average molecular weight is 685 g/mol. The molecule has 0 spiro atoms. The highest BCUT2D eigenvalue weighted by molar-refractivity contribution is 7.47. The van der Waals surface area contributed by atoms with Crippen LogP contribution in [0.1, 0.15) is 136 Å². The Morgan fingerprint density at radius 1 is 0.587 bits per heavy atom. The van der Waals surface area contributed by atoms with E-state index in [0.29, 0.717) is 12.8 Å². The van der Waals surface area contributed by atoms with Crippen LogP contribution >= 0.6 is 7.82 Å². The zero-order chi connectivity index (χ0) is 34.4. The normalized spacial score (nSPS) is 25.1. The number of aliphatic hydroxyl groups is 5. The molecular weight excluding hydrogens is 623 g/mol. The summed E-state index contributed by atoms with van der Waals surface area (Å²) < 4.78 is 32.8. The maximum atomic E-state index is 12.6. The number of carbonyl (C=O) groups excluding carboxylic acids is 2. The van der Waals surface area contributed by atoms with Gasteiger partial charge in [0.1, 0.15) is 43.2 Å². The van der Waals surface area contributed by atoms with Gasteiger partial charge < -0.3 is 39.9 Å². The molecule has 0 radical (unpaired) electrons. The van der Waals surface area contributed by atoms with Gasteiger partial charge in [-0.3, -0.25) is 18.6 Å². The summed E-state index contributed by atoms with van der Waals surface area (Å²) >= 11 is 0. The highest BCUT2D eigenvalue weighted by Gasteiger charge is 2.51. The van der Waals surface area contributed by atoms with Gasteiger partial charge in [-0.1, -0.05) is 110 Å². The van der Waals surface area contributed by atoms with Gasteiger partial charge in [0.2, 0.25) is 0 Å². The minimum Gasteiger partial charge on any atom is -0.462 e. The van der Waals surface area contributed by atoms with Crippen LogP contribution < -0.4 is 0 Å². The van der Waals surface area contributed by atoms with E-state index in [2.05, 4.69) is 6.92 Å². The summed E-state index contributed by atoms with van der Waals surface area (Å²) in [4.78, 5) is 34.7. The number of phosphoric acid groups is 1. The number of aliphatic hydroxyl groups excluding tert-OH is 5. The van der Waals surface area contributed by atoms with Crippen LogP contribution in [0.15, 0.2) is 0 Å². The molecule has 0 aromatic carbocycles. The number of carbonyl (C=O) groups is 2. The molecular formula is C32H61O13P. The van der Waals surface area contributed by atoms with Crippen LogP contribution in [0.5, 0.6) is 0 Å². The average Bonchev–Trinajstić information content (AvgIpc) is 3.03. The number of esters is 2. The lowest BCUT2D eigenvalue weighted by Gasteiger charge is -2.41. The predicted molar refractivity (Wildman–Crippen MR) is 171 cm³/mol. The van der Waals surface area contributed by atoms with Gasteiger partial charge in [0.05, 0.1) is 6.61 Å². The Morgan fingerprint density at radius 3 is 1.48 bits per heavy atom. The van der Waals surface area contributed by atoms with Crippen LogP contribution in [0.2, 0.25) is 0 Å². The number of hydrogen-bond donors (Lipinski definition) is 6. The lowest BCUT2D eigenvalue weighted by Crippen LogP contribution is -2.64. The fourth-order valence-electron chi connectivity index (χ4n) is 5.26. The van der Waals surface area contributed by atoms with Crippen molar-refractivity contribution in [3.05, 3.63) is 0 Å². The van der Waals surface area contributed by atoms with Gasteiger partial charge in [0.25, 0.3) is 0 Å².